The molecule has 3 N–H and O–H groups in total. The minimum atomic E-state index is -0.561. The zero-order valence-corrected chi connectivity index (χ0v) is 12.5. The molecule has 21 heavy (non-hydrogen) atoms. The lowest BCUT2D eigenvalue weighted by Crippen LogP contribution is -2.42. The van der Waals surface area contributed by atoms with Crippen LogP contribution in [0.15, 0.2) is 24.3 Å². The lowest BCUT2D eigenvalue weighted by atomic mass is 10.1. The Bertz CT molecular complexity index is 465. The first kappa shape index (κ1) is 15.8. The summed E-state index contributed by atoms with van der Waals surface area (Å²) in [5, 5.41) is 15.6. The van der Waals surface area contributed by atoms with Crippen molar-refractivity contribution in [1.82, 2.24) is 10.6 Å². The standard InChI is InChI=1S/C16H24N2O3/c1-2-3-9-21-10-8-17-16(20)18-15-13-7-5-4-6-12(13)11-14(15)19/h4-7,14-15,19H,2-3,8-11H2,1H3,(H2,17,18,20)/t14-,15+/m1/s1. The second-order valence-electron chi connectivity index (χ2n) is 5.31. The number of unbranched alkanes of at least 4 members (excludes halogenated alkanes) is 1. The number of benzene rings is 1. The molecule has 1 aromatic carbocycles. The van der Waals surface area contributed by atoms with Crippen LogP contribution in [0.3, 0.4) is 0 Å². The summed E-state index contributed by atoms with van der Waals surface area (Å²) < 4.78 is 5.38. The van der Waals surface area contributed by atoms with Crippen molar-refractivity contribution in [3.8, 4) is 0 Å². The number of aliphatic hydroxyl groups is 1. The van der Waals surface area contributed by atoms with Gasteiger partial charge < -0.3 is 20.5 Å². The zero-order chi connectivity index (χ0) is 15.1. The van der Waals surface area contributed by atoms with Crippen LogP contribution in [0.4, 0.5) is 4.79 Å². The zero-order valence-electron chi connectivity index (χ0n) is 12.5. The van der Waals surface area contributed by atoms with Crippen molar-refractivity contribution in [2.24, 2.45) is 0 Å². The molecule has 0 saturated heterocycles. The Morgan fingerprint density at radius 3 is 3.00 bits per heavy atom. The fraction of sp³-hybridized carbons (Fsp3) is 0.562. The molecule has 0 fully saturated rings. The van der Waals surface area contributed by atoms with Gasteiger partial charge in [-0.15, -0.1) is 0 Å². The number of ether oxygens (including phenoxy) is 1. The van der Waals surface area contributed by atoms with E-state index in [1.54, 1.807) is 0 Å². The second kappa shape index (κ2) is 8.00. The lowest BCUT2D eigenvalue weighted by Gasteiger charge is -2.18. The molecule has 0 unspecified atom stereocenters. The molecule has 0 aromatic heterocycles. The van der Waals surface area contributed by atoms with Gasteiger partial charge in [0.25, 0.3) is 0 Å². The molecule has 2 atom stereocenters. The van der Waals surface area contributed by atoms with E-state index in [4.69, 9.17) is 4.74 Å². The summed E-state index contributed by atoms with van der Waals surface area (Å²) in [6.45, 7) is 3.82. The molecular formula is C16H24N2O3. The topological polar surface area (TPSA) is 70.6 Å². The van der Waals surface area contributed by atoms with Crippen LogP contribution in [0.25, 0.3) is 0 Å². The molecule has 1 aliphatic carbocycles. The van der Waals surface area contributed by atoms with Crippen LogP contribution in [0.2, 0.25) is 0 Å². The molecule has 1 aromatic rings. The summed E-state index contributed by atoms with van der Waals surface area (Å²) >= 11 is 0. The predicted molar refractivity (Wildman–Crippen MR) is 81.2 cm³/mol. The number of urea groups is 1. The third-order valence-corrected chi connectivity index (χ3v) is 3.66. The van der Waals surface area contributed by atoms with Crippen molar-refractivity contribution in [2.45, 2.75) is 38.3 Å². The molecular weight excluding hydrogens is 268 g/mol. The van der Waals surface area contributed by atoms with Crippen molar-refractivity contribution in [2.75, 3.05) is 19.8 Å². The van der Waals surface area contributed by atoms with Crippen LogP contribution < -0.4 is 10.6 Å². The van der Waals surface area contributed by atoms with Gasteiger partial charge in [-0.25, -0.2) is 4.79 Å². The van der Waals surface area contributed by atoms with Crippen molar-refractivity contribution < 1.29 is 14.6 Å². The first-order chi connectivity index (χ1) is 10.2. The van der Waals surface area contributed by atoms with Crippen LogP contribution in [-0.2, 0) is 11.2 Å². The van der Waals surface area contributed by atoms with E-state index in [0.717, 1.165) is 30.6 Å². The number of hydrogen-bond donors (Lipinski definition) is 3. The summed E-state index contributed by atoms with van der Waals surface area (Å²) in [5.41, 5.74) is 2.09. The highest BCUT2D eigenvalue weighted by Gasteiger charge is 2.31. The lowest BCUT2D eigenvalue weighted by molar-refractivity contribution is 0.130. The Labute approximate surface area is 125 Å². The Morgan fingerprint density at radius 2 is 2.19 bits per heavy atom. The first-order valence-corrected chi connectivity index (χ1v) is 7.60. The van der Waals surface area contributed by atoms with Crippen LogP contribution in [-0.4, -0.2) is 37.0 Å². The van der Waals surface area contributed by atoms with E-state index in [-0.39, 0.29) is 12.1 Å². The van der Waals surface area contributed by atoms with Gasteiger partial charge in [0.2, 0.25) is 0 Å². The van der Waals surface area contributed by atoms with Gasteiger partial charge in [-0.2, -0.15) is 0 Å². The summed E-state index contributed by atoms with van der Waals surface area (Å²) in [7, 11) is 0. The average molecular weight is 292 g/mol. The van der Waals surface area contributed by atoms with E-state index >= 15 is 0 Å². The maximum absolute atomic E-state index is 11.9. The van der Waals surface area contributed by atoms with Gasteiger partial charge in [-0.1, -0.05) is 37.6 Å². The Hall–Kier alpha value is -1.59. The Balaban J connectivity index is 1.73. The number of hydrogen-bond acceptors (Lipinski definition) is 3. The van der Waals surface area contributed by atoms with E-state index in [2.05, 4.69) is 17.6 Å². The van der Waals surface area contributed by atoms with Gasteiger partial charge in [0, 0.05) is 19.6 Å². The smallest absolute Gasteiger partial charge is 0.315 e. The highest BCUT2D eigenvalue weighted by Crippen LogP contribution is 2.30. The number of fused-ring (bicyclic) bond motifs is 1. The third kappa shape index (κ3) is 4.44. The summed E-state index contributed by atoms with van der Waals surface area (Å²) in [4.78, 5) is 11.9. The van der Waals surface area contributed by atoms with E-state index in [1.165, 1.54) is 0 Å². The number of amides is 2. The van der Waals surface area contributed by atoms with Crippen molar-refractivity contribution in [1.29, 1.82) is 0 Å². The second-order valence-corrected chi connectivity index (χ2v) is 5.31. The van der Waals surface area contributed by atoms with E-state index < -0.39 is 6.10 Å². The molecule has 116 valence electrons. The monoisotopic (exact) mass is 292 g/mol. The highest BCUT2D eigenvalue weighted by atomic mass is 16.5. The third-order valence-electron chi connectivity index (χ3n) is 3.66. The number of carbonyl (C=O) groups excluding carboxylic acids is 1. The molecule has 5 nitrogen and oxygen atoms in total. The van der Waals surface area contributed by atoms with Crippen LogP contribution in [0.5, 0.6) is 0 Å². The molecule has 0 spiro atoms. The normalized spacial score (nSPS) is 20.1. The SMILES string of the molecule is CCCCOCCNC(=O)N[C@H]1c2ccccc2C[C@H]1O. The molecule has 0 radical (unpaired) electrons. The average Bonchev–Trinajstić information content (AvgIpc) is 2.79. The minimum Gasteiger partial charge on any atom is -0.390 e. The molecule has 0 heterocycles. The van der Waals surface area contributed by atoms with Crippen molar-refractivity contribution in [3.05, 3.63) is 35.4 Å². The van der Waals surface area contributed by atoms with Gasteiger partial charge in [0.05, 0.1) is 18.8 Å². The van der Waals surface area contributed by atoms with E-state index in [1.807, 2.05) is 24.3 Å². The Kier molecular flexibility index (Phi) is 6.02. The quantitative estimate of drug-likeness (QED) is 0.671. The largest absolute Gasteiger partial charge is 0.390 e. The van der Waals surface area contributed by atoms with Gasteiger partial charge in [-0.3, -0.25) is 0 Å². The number of carbonyl (C=O) groups is 1. The summed E-state index contributed by atoms with van der Waals surface area (Å²) in [5.74, 6) is 0. The number of aliphatic hydroxyl groups excluding tert-OH is 1. The highest BCUT2D eigenvalue weighted by molar-refractivity contribution is 5.74. The Morgan fingerprint density at radius 1 is 1.38 bits per heavy atom. The molecule has 5 heteroatoms. The summed E-state index contributed by atoms with van der Waals surface area (Å²) in [6.07, 6.45) is 2.17. The van der Waals surface area contributed by atoms with Crippen LogP contribution >= 0.6 is 0 Å². The van der Waals surface area contributed by atoms with Crippen molar-refractivity contribution in [3.63, 3.8) is 0 Å². The van der Waals surface area contributed by atoms with E-state index in [9.17, 15) is 9.90 Å². The number of nitrogens with one attached hydrogen (secondary N) is 2. The molecule has 0 aliphatic heterocycles. The maximum atomic E-state index is 11.9. The molecule has 2 amide bonds. The van der Waals surface area contributed by atoms with Crippen LogP contribution in [0.1, 0.15) is 36.9 Å². The summed E-state index contributed by atoms with van der Waals surface area (Å²) in [6, 6.07) is 7.20. The maximum Gasteiger partial charge on any atom is 0.315 e. The fourth-order valence-electron chi connectivity index (χ4n) is 2.53. The van der Waals surface area contributed by atoms with Crippen molar-refractivity contribution >= 4 is 6.03 Å². The van der Waals surface area contributed by atoms with Crippen LogP contribution in [0, 0.1) is 0 Å². The molecule has 2 rings (SSSR count). The van der Waals surface area contributed by atoms with Gasteiger partial charge in [0.1, 0.15) is 0 Å². The number of rotatable bonds is 7. The van der Waals surface area contributed by atoms with Gasteiger partial charge in [-0.05, 0) is 17.5 Å². The fourth-order valence-corrected chi connectivity index (χ4v) is 2.53. The molecule has 0 bridgehead atoms. The molecule has 1 aliphatic rings. The van der Waals surface area contributed by atoms with Gasteiger partial charge >= 0.3 is 6.03 Å². The predicted octanol–water partition coefficient (Wildman–Crippen LogP) is 1.76. The molecule has 0 saturated carbocycles. The first-order valence-electron chi connectivity index (χ1n) is 7.60. The van der Waals surface area contributed by atoms with E-state index in [0.29, 0.717) is 19.6 Å². The van der Waals surface area contributed by atoms with Gasteiger partial charge in [0.15, 0.2) is 0 Å². The minimum absolute atomic E-state index is 0.269.